The molecule has 1 saturated carbocycles. The summed E-state index contributed by atoms with van der Waals surface area (Å²) in [5.74, 6) is -0.396. The number of likely N-dealkylation sites (tertiary alicyclic amines) is 1. The third kappa shape index (κ3) is 7.45. The Labute approximate surface area is 219 Å². The highest BCUT2D eigenvalue weighted by Crippen LogP contribution is 2.31. The molecule has 4 rings (SSSR count). The fraction of sp³-hybridized carbons (Fsp3) is 0.643. The Balaban J connectivity index is 1.37. The number of hydrogen-bond donors (Lipinski definition) is 1. The predicted octanol–water partition coefficient (Wildman–Crippen LogP) is 3.24. The summed E-state index contributed by atoms with van der Waals surface area (Å²) in [6.45, 7) is 2.64. The second kappa shape index (κ2) is 12.9. The first-order valence-corrected chi connectivity index (χ1v) is 13.5. The number of hydrogen-bond acceptors (Lipinski definition) is 6. The van der Waals surface area contributed by atoms with E-state index in [1.807, 2.05) is 30.3 Å². The van der Waals surface area contributed by atoms with Gasteiger partial charge in [-0.1, -0.05) is 62.4 Å². The maximum Gasteiger partial charge on any atom is 0.410 e. The summed E-state index contributed by atoms with van der Waals surface area (Å²) >= 11 is 0. The molecule has 1 aromatic rings. The van der Waals surface area contributed by atoms with Gasteiger partial charge in [-0.15, -0.1) is 0 Å². The first-order valence-electron chi connectivity index (χ1n) is 13.5. The molecule has 0 bridgehead atoms. The van der Waals surface area contributed by atoms with Gasteiger partial charge in [0.25, 0.3) is 0 Å². The Morgan fingerprint density at radius 2 is 1.81 bits per heavy atom. The fourth-order valence-corrected chi connectivity index (χ4v) is 5.60. The summed E-state index contributed by atoms with van der Waals surface area (Å²) in [6.07, 6.45) is 6.25. The van der Waals surface area contributed by atoms with Gasteiger partial charge in [0, 0.05) is 38.4 Å². The van der Waals surface area contributed by atoms with Crippen LogP contribution in [0.2, 0.25) is 0 Å². The molecule has 0 aromatic heterocycles. The zero-order valence-corrected chi connectivity index (χ0v) is 21.5. The summed E-state index contributed by atoms with van der Waals surface area (Å²) in [6, 6.07) is 11.7. The Morgan fingerprint density at radius 3 is 2.51 bits per heavy atom. The standard InChI is InChI=1S/C28H38N4O5/c29-20-28(11-12-32(21-28)27(35)37-19-23-9-5-2-6-10-23)30-26(34)24(17-22-7-3-1-4-8-22)18-25(33)31-13-15-36-16-14-31/h2,5-6,9-10,22,24H,1,3-4,7-8,11-19,21H2,(H,30,34)/t24?,28-/m0/s1. The summed E-state index contributed by atoms with van der Waals surface area (Å²) in [7, 11) is 0. The van der Waals surface area contributed by atoms with E-state index in [4.69, 9.17) is 9.47 Å². The van der Waals surface area contributed by atoms with E-state index in [0.717, 1.165) is 31.2 Å². The van der Waals surface area contributed by atoms with Crippen LogP contribution in [0.3, 0.4) is 0 Å². The van der Waals surface area contributed by atoms with E-state index in [0.29, 0.717) is 51.6 Å². The van der Waals surface area contributed by atoms with Gasteiger partial charge >= 0.3 is 6.09 Å². The lowest BCUT2D eigenvalue weighted by molar-refractivity contribution is -0.140. The lowest BCUT2D eigenvalue weighted by Crippen LogP contribution is -2.52. The topological polar surface area (TPSA) is 112 Å². The number of nitriles is 1. The first-order chi connectivity index (χ1) is 18.0. The number of nitrogens with one attached hydrogen (secondary N) is 1. The van der Waals surface area contributed by atoms with Crippen LogP contribution in [0.25, 0.3) is 0 Å². The molecule has 3 aliphatic rings. The molecular weight excluding hydrogens is 472 g/mol. The molecule has 1 aliphatic carbocycles. The summed E-state index contributed by atoms with van der Waals surface area (Å²) in [5.41, 5.74) is -0.305. The maximum atomic E-state index is 13.6. The number of ether oxygens (including phenoxy) is 2. The Morgan fingerprint density at radius 1 is 1.08 bits per heavy atom. The summed E-state index contributed by atoms with van der Waals surface area (Å²) in [4.78, 5) is 42.5. The normalized spacial score (nSPS) is 23.2. The van der Waals surface area contributed by atoms with Crippen LogP contribution in [-0.2, 0) is 25.7 Å². The number of amides is 3. The molecule has 1 aromatic carbocycles. The van der Waals surface area contributed by atoms with Gasteiger partial charge in [-0.3, -0.25) is 9.59 Å². The molecule has 3 fully saturated rings. The molecule has 2 aliphatic heterocycles. The molecule has 2 saturated heterocycles. The highest BCUT2D eigenvalue weighted by Gasteiger charge is 2.43. The maximum absolute atomic E-state index is 13.6. The van der Waals surface area contributed by atoms with Gasteiger partial charge in [-0.2, -0.15) is 5.26 Å². The smallest absolute Gasteiger partial charge is 0.410 e. The highest BCUT2D eigenvalue weighted by molar-refractivity contribution is 5.86. The molecule has 9 nitrogen and oxygen atoms in total. The number of nitrogens with zero attached hydrogens (tertiary/aromatic N) is 3. The van der Waals surface area contributed by atoms with Crippen molar-refractivity contribution in [1.29, 1.82) is 5.26 Å². The largest absolute Gasteiger partial charge is 0.445 e. The second-order valence-electron chi connectivity index (χ2n) is 10.5. The van der Waals surface area contributed by atoms with Gasteiger partial charge < -0.3 is 24.6 Å². The third-order valence-electron chi connectivity index (χ3n) is 7.81. The van der Waals surface area contributed by atoms with E-state index in [9.17, 15) is 19.6 Å². The van der Waals surface area contributed by atoms with Gasteiger partial charge in [-0.25, -0.2) is 4.79 Å². The van der Waals surface area contributed by atoms with Crippen LogP contribution in [0.1, 0.15) is 56.9 Å². The number of carbonyl (C=O) groups is 3. The van der Waals surface area contributed by atoms with Crippen LogP contribution in [0.5, 0.6) is 0 Å². The first kappa shape index (κ1) is 26.9. The van der Waals surface area contributed by atoms with Crippen molar-refractivity contribution in [2.24, 2.45) is 11.8 Å². The van der Waals surface area contributed by atoms with E-state index < -0.39 is 17.6 Å². The van der Waals surface area contributed by atoms with Crippen LogP contribution < -0.4 is 5.32 Å². The van der Waals surface area contributed by atoms with Gasteiger partial charge in [-0.05, 0) is 17.9 Å². The van der Waals surface area contributed by atoms with Crippen molar-refractivity contribution < 1.29 is 23.9 Å². The molecule has 200 valence electrons. The minimum atomic E-state index is -1.18. The molecule has 2 heterocycles. The van der Waals surface area contributed by atoms with Crippen LogP contribution in [0.15, 0.2) is 30.3 Å². The highest BCUT2D eigenvalue weighted by atomic mass is 16.6. The molecule has 2 atom stereocenters. The van der Waals surface area contributed by atoms with Crippen molar-refractivity contribution in [1.82, 2.24) is 15.1 Å². The molecule has 3 amide bonds. The summed E-state index contributed by atoms with van der Waals surface area (Å²) < 4.78 is 10.8. The minimum absolute atomic E-state index is 0.0391. The Kier molecular flexibility index (Phi) is 9.40. The molecule has 1 N–H and O–H groups in total. The fourth-order valence-electron chi connectivity index (χ4n) is 5.60. The van der Waals surface area contributed by atoms with Gasteiger partial charge in [0.2, 0.25) is 11.8 Å². The molecule has 1 unspecified atom stereocenters. The zero-order chi connectivity index (χ0) is 26.1. The SMILES string of the molecule is N#C[C@@]1(NC(=O)C(CC(=O)N2CCOCC2)CC2CCCCC2)CCN(C(=O)OCc2ccccc2)C1. The molecule has 9 heteroatoms. The van der Waals surface area contributed by atoms with Crippen LogP contribution in [0, 0.1) is 23.2 Å². The van der Waals surface area contributed by atoms with Crippen LogP contribution in [0.4, 0.5) is 4.79 Å². The lowest BCUT2D eigenvalue weighted by Gasteiger charge is -2.31. The Bertz CT molecular complexity index is 969. The van der Waals surface area contributed by atoms with E-state index in [1.54, 1.807) is 4.90 Å². The quantitative estimate of drug-likeness (QED) is 0.575. The van der Waals surface area contributed by atoms with Crippen LogP contribution in [-0.4, -0.2) is 72.6 Å². The molecule has 0 radical (unpaired) electrons. The van der Waals surface area contributed by atoms with Crippen molar-refractivity contribution >= 4 is 17.9 Å². The van der Waals surface area contributed by atoms with Crippen LogP contribution >= 0.6 is 0 Å². The van der Waals surface area contributed by atoms with Gasteiger partial charge in [0.05, 0.1) is 25.8 Å². The average molecular weight is 511 g/mol. The zero-order valence-electron chi connectivity index (χ0n) is 21.5. The van der Waals surface area contributed by atoms with Gasteiger partial charge in [0.15, 0.2) is 0 Å². The lowest BCUT2D eigenvalue weighted by atomic mass is 9.81. The van der Waals surface area contributed by atoms with E-state index in [1.165, 1.54) is 11.3 Å². The predicted molar refractivity (Wildman–Crippen MR) is 136 cm³/mol. The Hall–Kier alpha value is -3.12. The molecule has 0 spiro atoms. The number of morpholine rings is 1. The number of rotatable bonds is 8. The molecule has 37 heavy (non-hydrogen) atoms. The minimum Gasteiger partial charge on any atom is -0.445 e. The van der Waals surface area contributed by atoms with Crippen molar-refractivity contribution in [3.8, 4) is 6.07 Å². The van der Waals surface area contributed by atoms with Gasteiger partial charge in [0.1, 0.15) is 12.1 Å². The van der Waals surface area contributed by atoms with Crippen molar-refractivity contribution in [3.05, 3.63) is 35.9 Å². The monoisotopic (exact) mass is 510 g/mol. The third-order valence-corrected chi connectivity index (χ3v) is 7.81. The van der Waals surface area contributed by atoms with E-state index >= 15 is 0 Å². The van der Waals surface area contributed by atoms with E-state index in [-0.39, 0.29) is 31.4 Å². The second-order valence-corrected chi connectivity index (χ2v) is 10.5. The molecular formula is C28H38N4O5. The van der Waals surface area contributed by atoms with E-state index in [2.05, 4.69) is 11.4 Å². The van der Waals surface area contributed by atoms with Crippen molar-refractivity contribution in [3.63, 3.8) is 0 Å². The number of benzene rings is 1. The van der Waals surface area contributed by atoms with Crippen molar-refractivity contribution in [2.45, 2.75) is 63.5 Å². The number of carbonyl (C=O) groups excluding carboxylic acids is 3. The van der Waals surface area contributed by atoms with Crippen molar-refractivity contribution in [2.75, 3.05) is 39.4 Å². The average Bonchev–Trinajstić information content (AvgIpc) is 3.37. The summed E-state index contributed by atoms with van der Waals surface area (Å²) in [5, 5.41) is 13.0.